The lowest BCUT2D eigenvalue weighted by molar-refractivity contribution is 0.161. The highest BCUT2D eigenvalue weighted by atomic mass is 16.5. The zero-order chi connectivity index (χ0) is 20.5. The Hall–Kier alpha value is -2.49. The average Bonchev–Trinajstić information content (AvgIpc) is 2.63. The number of benzene rings is 2. The molecule has 0 unspecified atom stereocenters. The third-order valence-electron chi connectivity index (χ3n) is 5.77. The molecule has 1 aliphatic rings. The van der Waals surface area contributed by atoms with Crippen molar-refractivity contribution in [3.8, 4) is 16.9 Å². The van der Waals surface area contributed by atoms with E-state index in [1.165, 1.54) is 11.1 Å². The molecular formula is C24H31NO3. The first-order chi connectivity index (χ1) is 13.2. The highest BCUT2D eigenvalue weighted by Gasteiger charge is 2.37. The van der Waals surface area contributed by atoms with Crippen LogP contribution in [0, 0.1) is 11.3 Å². The summed E-state index contributed by atoms with van der Waals surface area (Å²) in [5, 5.41) is 12.1. The second-order valence-corrected chi connectivity index (χ2v) is 8.92. The summed E-state index contributed by atoms with van der Waals surface area (Å²) in [4.78, 5) is 11.4. The number of methoxy groups -OCH3 is 1. The van der Waals surface area contributed by atoms with Gasteiger partial charge in [-0.15, -0.1) is 0 Å². The minimum absolute atomic E-state index is 0.142. The van der Waals surface area contributed by atoms with E-state index in [-0.39, 0.29) is 11.5 Å². The van der Waals surface area contributed by atoms with Gasteiger partial charge in [0.2, 0.25) is 0 Å². The Morgan fingerprint density at radius 3 is 2.50 bits per heavy atom. The van der Waals surface area contributed by atoms with E-state index in [4.69, 9.17) is 4.74 Å². The van der Waals surface area contributed by atoms with E-state index < -0.39 is 6.09 Å². The van der Waals surface area contributed by atoms with Gasteiger partial charge in [-0.3, -0.25) is 0 Å². The van der Waals surface area contributed by atoms with E-state index in [1.807, 2.05) is 6.07 Å². The van der Waals surface area contributed by atoms with E-state index in [0.29, 0.717) is 5.92 Å². The molecule has 1 aliphatic carbocycles. The number of carboxylic acid groups (broad SMARTS) is 1. The van der Waals surface area contributed by atoms with Gasteiger partial charge in [-0.1, -0.05) is 52.0 Å². The van der Waals surface area contributed by atoms with Crippen molar-refractivity contribution in [2.75, 3.05) is 7.11 Å². The van der Waals surface area contributed by atoms with E-state index in [9.17, 15) is 9.90 Å². The normalized spacial score (nSPS) is 17.9. The van der Waals surface area contributed by atoms with Gasteiger partial charge in [0, 0.05) is 5.56 Å². The predicted molar refractivity (Wildman–Crippen MR) is 113 cm³/mol. The average molecular weight is 382 g/mol. The minimum Gasteiger partial charge on any atom is -0.496 e. The topological polar surface area (TPSA) is 58.6 Å². The zero-order valence-corrected chi connectivity index (χ0v) is 17.5. The second-order valence-electron chi connectivity index (χ2n) is 8.92. The van der Waals surface area contributed by atoms with E-state index >= 15 is 0 Å². The molecule has 0 aliphatic heterocycles. The molecule has 0 spiro atoms. The van der Waals surface area contributed by atoms with Crippen molar-refractivity contribution in [1.82, 2.24) is 5.32 Å². The molecule has 0 heterocycles. The molecule has 0 aromatic heterocycles. The third-order valence-corrected chi connectivity index (χ3v) is 5.77. The Kier molecular flexibility index (Phi) is 5.69. The van der Waals surface area contributed by atoms with Crippen LogP contribution in [-0.2, 0) is 12.8 Å². The number of hydrogen-bond donors (Lipinski definition) is 2. The molecule has 0 radical (unpaired) electrons. The van der Waals surface area contributed by atoms with E-state index in [2.05, 4.69) is 63.3 Å². The van der Waals surface area contributed by atoms with Crippen LogP contribution in [0.2, 0.25) is 0 Å². The van der Waals surface area contributed by atoms with E-state index in [0.717, 1.165) is 41.7 Å². The van der Waals surface area contributed by atoms with Gasteiger partial charge in [0.25, 0.3) is 0 Å². The summed E-state index contributed by atoms with van der Waals surface area (Å²) in [5.74, 6) is 1.41. The molecule has 28 heavy (non-hydrogen) atoms. The number of ether oxygens (including phenoxy) is 1. The first-order valence-corrected chi connectivity index (χ1v) is 10.0. The zero-order valence-electron chi connectivity index (χ0n) is 17.5. The lowest BCUT2D eigenvalue weighted by Gasteiger charge is -2.40. The quantitative estimate of drug-likeness (QED) is 0.684. The van der Waals surface area contributed by atoms with Crippen molar-refractivity contribution in [3.63, 3.8) is 0 Å². The molecule has 3 rings (SSSR count). The smallest absolute Gasteiger partial charge is 0.405 e. The summed E-state index contributed by atoms with van der Waals surface area (Å²) in [7, 11) is 1.67. The maximum Gasteiger partial charge on any atom is 0.405 e. The first-order valence-electron chi connectivity index (χ1n) is 10.0. The van der Waals surface area contributed by atoms with Crippen LogP contribution >= 0.6 is 0 Å². The molecule has 1 atom stereocenters. The molecule has 2 aromatic rings. The summed E-state index contributed by atoms with van der Waals surface area (Å²) in [5.41, 5.74) is 5.60. The van der Waals surface area contributed by atoms with Crippen molar-refractivity contribution < 1.29 is 14.6 Å². The van der Waals surface area contributed by atoms with Gasteiger partial charge in [0.1, 0.15) is 5.75 Å². The molecule has 0 saturated carbocycles. The van der Waals surface area contributed by atoms with Gasteiger partial charge in [-0.25, -0.2) is 4.79 Å². The fourth-order valence-electron chi connectivity index (χ4n) is 4.23. The largest absolute Gasteiger partial charge is 0.496 e. The van der Waals surface area contributed by atoms with E-state index in [1.54, 1.807) is 7.11 Å². The number of carbonyl (C=O) groups is 1. The van der Waals surface area contributed by atoms with Crippen molar-refractivity contribution in [2.24, 2.45) is 11.3 Å². The fraction of sp³-hybridized carbons (Fsp3) is 0.458. The Labute approximate surface area is 167 Å². The molecule has 0 bridgehead atoms. The van der Waals surface area contributed by atoms with Crippen LogP contribution in [-0.4, -0.2) is 18.3 Å². The van der Waals surface area contributed by atoms with Crippen molar-refractivity contribution in [3.05, 3.63) is 53.1 Å². The molecule has 0 saturated heterocycles. The lowest BCUT2D eigenvalue weighted by Crippen LogP contribution is -2.40. The number of hydrogen-bond acceptors (Lipinski definition) is 2. The Bertz CT molecular complexity index is 853. The number of amides is 1. The molecule has 4 heteroatoms. The number of aryl methyl sites for hydroxylation is 1. The van der Waals surface area contributed by atoms with Crippen LogP contribution in [0.15, 0.2) is 36.4 Å². The summed E-state index contributed by atoms with van der Waals surface area (Å²) in [6, 6.07) is 12.6. The fourth-order valence-corrected chi connectivity index (χ4v) is 4.23. The monoisotopic (exact) mass is 381 g/mol. The maximum absolute atomic E-state index is 11.4. The molecule has 4 nitrogen and oxygen atoms in total. The van der Waals surface area contributed by atoms with Gasteiger partial charge in [0.05, 0.1) is 13.2 Å². The van der Waals surface area contributed by atoms with Crippen LogP contribution in [0.4, 0.5) is 4.79 Å². The van der Waals surface area contributed by atoms with Gasteiger partial charge in [-0.2, -0.15) is 0 Å². The number of fused-ring (bicyclic) bond motifs is 1. The van der Waals surface area contributed by atoms with Crippen LogP contribution < -0.4 is 10.1 Å². The Morgan fingerprint density at radius 2 is 1.93 bits per heavy atom. The first kappa shape index (κ1) is 20.2. The van der Waals surface area contributed by atoms with Crippen molar-refractivity contribution >= 4 is 6.09 Å². The predicted octanol–water partition coefficient (Wildman–Crippen LogP) is 5.84. The molecule has 1 amide bonds. The van der Waals surface area contributed by atoms with Crippen molar-refractivity contribution in [2.45, 2.75) is 53.0 Å². The summed E-state index contributed by atoms with van der Waals surface area (Å²) in [6.07, 6.45) is 1.95. The number of rotatable bonds is 5. The highest BCUT2D eigenvalue weighted by molar-refractivity contribution is 5.73. The lowest BCUT2D eigenvalue weighted by atomic mass is 9.70. The molecule has 2 N–H and O–H groups in total. The van der Waals surface area contributed by atoms with Gasteiger partial charge >= 0.3 is 6.09 Å². The standard InChI is InChI=1S/C24H31NO3/c1-15(2)12-16-6-8-17(9-7-16)19-13-18-10-11-24(3,4)22(25-23(26)27)20(18)14-21(19)28-5/h6-9,13-15,22,25H,10-12H2,1-5H3,(H,26,27)/t22-/m1/s1. The van der Waals surface area contributed by atoms with Gasteiger partial charge in [-0.05, 0) is 65.0 Å². The van der Waals surface area contributed by atoms with Gasteiger partial charge < -0.3 is 15.2 Å². The molecule has 0 fully saturated rings. The van der Waals surface area contributed by atoms with Crippen LogP contribution in [0.1, 0.15) is 56.8 Å². The third kappa shape index (κ3) is 4.16. The number of nitrogens with one attached hydrogen (secondary N) is 1. The minimum atomic E-state index is -0.991. The maximum atomic E-state index is 11.4. The summed E-state index contributed by atoms with van der Waals surface area (Å²) < 4.78 is 5.71. The molecule has 2 aromatic carbocycles. The SMILES string of the molecule is COc1cc2c(cc1-c1ccc(CC(C)C)cc1)CCC(C)(C)[C@@H]2NC(=O)O. The second kappa shape index (κ2) is 7.86. The Balaban J connectivity index is 2.02. The summed E-state index contributed by atoms with van der Waals surface area (Å²) >= 11 is 0. The van der Waals surface area contributed by atoms with Crippen LogP contribution in [0.5, 0.6) is 5.75 Å². The molecular weight excluding hydrogens is 350 g/mol. The summed E-state index contributed by atoms with van der Waals surface area (Å²) in [6.45, 7) is 8.68. The highest BCUT2D eigenvalue weighted by Crippen LogP contribution is 2.46. The molecule has 150 valence electrons. The van der Waals surface area contributed by atoms with Gasteiger partial charge in [0.15, 0.2) is 0 Å². The van der Waals surface area contributed by atoms with Crippen LogP contribution in [0.3, 0.4) is 0 Å². The Morgan fingerprint density at radius 1 is 1.25 bits per heavy atom. The van der Waals surface area contributed by atoms with Crippen LogP contribution in [0.25, 0.3) is 11.1 Å². The van der Waals surface area contributed by atoms with Crippen molar-refractivity contribution in [1.29, 1.82) is 0 Å².